The van der Waals surface area contributed by atoms with Crippen molar-refractivity contribution in [3.05, 3.63) is 0 Å². The van der Waals surface area contributed by atoms with Crippen LogP contribution in [0.2, 0.25) is 0 Å². The summed E-state index contributed by atoms with van der Waals surface area (Å²) in [7, 11) is 0. The fourth-order valence-corrected chi connectivity index (χ4v) is 2.57. The van der Waals surface area contributed by atoms with Crippen LogP contribution in [0.5, 0.6) is 0 Å². The molecule has 1 aliphatic carbocycles. The van der Waals surface area contributed by atoms with Gasteiger partial charge in [-0.15, -0.1) is 0 Å². The van der Waals surface area contributed by atoms with Crippen molar-refractivity contribution >= 4 is 0 Å². The summed E-state index contributed by atoms with van der Waals surface area (Å²) in [5, 5.41) is 4.83. The highest BCUT2D eigenvalue weighted by Gasteiger charge is 2.14. The lowest BCUT2D eigenvalue weighted by atomic mass is 9.98. The third-order valence-corrected chi connectivity index (χ3v) is 3.86. The van der Waals surface area contributed by atoms with Gasteiger partial charge in [-0.3, -0.25) is 0 Å². The van der Waals surface area contributed by atoms with Crippen molar-refractivity contribution in [2.45, 2.75) is 96.5 Å². The maximum atomic E-state index is 5.23. The number of unbranched alkanes of at least 4 members (excludes halogenated alkanes) is 7. The highest BCUT2D eigenvalue weighted by atomic mass is 17.5. The zero-order chi connectivity index (χ0) is 13.6. The molecule has 1 aliphatic rings. The zero-order valence-corrected chi connectivity index (χ0v) is 12.7. The molecule has 0 amide bonds. The van der Waals surface area contributed by atoms with Crippen molar-refractivity contribution in [3.63, 3.8) is 0 Å². The average Bonchev–Trinajstić information content (AvgIpc) is 2.46. The molecule has 0 aromatic carbocycles. The molecule has 0 bridgehead atoms. The van der Waals surface area contributed by atoms with Crippen LogP contribution >= 0.6 is 0 Å². The lowest BCUT2D eigenvalue weighted by Gasteiger charge is -2.19. The summed E-state index contributed by atoms with van der Waals surface area (Å²) < 4.78 is 0. The van der Waals surface area contributed by atoms with E-state index >= 15 is 0 Å². The second kappa shape index (κ2) is 12.9. The fourth-order valence-electron chi connectivity index (χ4n) is 2.57. The summed E-state index contributed by atoms with van der Waals surface area (Å²) in [5.74, 6) is 0. The maximum Gasteiger partial charge on any atom is 0.0961 e. The second-order valence-corrected chi connectivity index (χ2v) is 5.72. The van der Waals surface area contributed by atoms with E-state index in [9.17, 15) is 0 Å². The largest absolute Gasteiger partial charge is 0.206 e. The summed E-state index contributed by atoms with van der Waals surface area (Å²) in [6.07, 6.45) is 16.8. The lowest BCUT2D eigenvalue weighted by Crippen LogP contribution is -2.17. The first-order valence-corrected chi connectivity index (χ1v) is 8.38. The van der Waals surface area contributed by atoms with E-state index in [0.29, 0.717) is 6.61 Å². The number of hydrogen-bond acceptors (Lipinski definition) is 3. The van der Waals surface area contributed by atoms with Gasteiger partial charge in [0.15, 0.2) is 0 Å². The van der Waals surface area contributed by atoms with Crippen LogP contribution < -0.4 is 0 Å². The van der Waals surface area contributed by atoms with E-state index in [0.717, 1.165) is 19.3 Å². The molecule has 3 nitrogen and oxygen atoms in total. The van der Waals surface area contributed by atoms with Gasteiger partial charge >= 0.3 is 0 Å². The third kappa shape index (κ3) is 10.3. The lowest BCUT2D eigenvalue weighted by molar-refractivity contribution is -0.527. The average molecular weight is 272 g/mol. The molecule has 114 valence electrons. The Morgan fingerprint density at radius 2 is 1.42 bits per heavy atom. The minimum Gasteiger partial charge on any atom is -0.206 e. The summed E-state index contributed by atoms with van der Waals surface area (Å²) in [5.41, 5.74) is 0. The van der Waals surface area contributed by atoms with Crippen LogP contribution in [0.3, 0.4) is 0 Å². The predicted octanol–water partition coefficient (Wildman–Crippen LogP) is 5.34. The minimum atomic E-state index is 0.257. The van der Waals surface area contributed by atoms with E-state index in [2.05, 4.69) is 6.92 Å². The van der Waals surface area contributed by atoms with Gasteiger partial charge in [0, 0.05) is 0 Å². The van der Waals surface area contributed by atoms with E-state index in [-0.39, 0.29) is 6.10 Å². The Kier molecular flexibility index (Phi) is 11.5. The molecule has 0 aliphatic heterocycles. The maximum absolute atomic E-state index is 5.23. The minimum absolute atomic E-state index is 0.257. The molecule has 1 saturated carbocycles. The molecule has 0 aromatic heterocycles. The summed E-state index contributed by atoms with van der Waals surface area (Å²) in [6.45, 7) is 2.91. The molecule has 1 rings (SSSR count). The molecule has 0 N–H and O–H groups in total. The Hall–Kier alpha value is -0.120. The van der Waals surface area contributed by atoms with Gasteiger partial charge in [0.2, 0.25) is 0 Å². The predicted molar refractivity (Wildman–Crippen MR) is 77.6 cm³/mol. The van der Waals surface area contributed by atoms with Gasteiger partial charge in [0.1, 0.15) is 0 Å². The van der Waals surface area contributed by atoms with Crippen molar-refractivity contribution in [1.82, 2.24) is 0 Å². The van der Waals surface area contributed by atoms with Gasteiger partial charge in [0.05, 0.1) is 12.7 Å². The van der Waals surface area contributed by atoms with Crippen molar-refractivity contribution in [3.8, 4) is 0 Å². The molecule has 0 spiro atoms. The van der Waals surface area contributed by atoms with E-state index < -0.39 is 0 Å². The topological polar surface area (TPSA) is 27.7 Å². The SMILES string of the molecule is CCCCCCCCCCOOOC1CCCCC1. The standard InChI is InChI=1S/C16H32O3/c1-2-3-4-5-6-7-8-12-15-17-19-18-16-13-10-9-11-14-16/h16H,2-15H2,1H3. The van der Waals surface area contributed by atoms with Gasteiger partial charge in [-0.25, -0.2) is 9.78 Å². The molecule has 0 atom stereocenters. The van der Waals surface area contributed by atoms with Gasteiger partial charge in [-0.1, -0.05) is 76.2 Å². The van der Waals surface area contributed by atoms with Crippen LogP contribution in [-0.4, -0.2) is 12.7 Å². The molecular weight excluding hydrogens is 240 g/mol. The van der Waals surface area contributed by atoms with E-state index in [1.54, 1.807) is 0 Å². The van der Waals surface area contributed by atoms with Crippen LogP contribution in [0.15, 0.2) is 0 Å². The van der Waals surface area contributed by atoms with E-state index in [4.69, 9.17) is 14.8 Å². The number of hydrogen-bond donors (Lipinski definition) is 0. The van der Waals surface area contributed by atoms with E-state index in [1.807, 2.05) is 0 Å². The highest BCUT2D eigenvalue weighted by Crippen LogP contribution is 2.20. The van der Waals surface area contributed by atoms with Crippen molar-refractivity contribution in [1.29, 1.82) is 0 Å². The van der Waals surface area contributed by atoms with E-state index in [1.165, 1.54) is 64.2 Å². The third-order valence-electron chi connectivity index (χ3n) is 3.86. The first kappa shape index (κ1) is 16.9. The smallest absolute Gasteiger partial charge is 0.0961 e. The van der Waals surface area contributed by atoms with Crippen LogP contribution in [0.25, 0.3) is 0 Å². The number of rotatable bonds is 12. The van der Waals surface area contributed by atoms with Gasteiger partial charge in [0.25, 0.3) is 0 Å². The summed E-state index contributed by atoms with van der Waals surface area (Å²) in [4.78, 5) is 10.3. The first-order valence-electron chi connectivity index (χ1n) is 8.38. The van der Waals surface area contributed by atoms with Crippen LogP contribution in [0.4, 0.5) is 0 Å². The van der Waals surface area contributed by atoms with Crippen LogP contribution in [0, 0.1) is 0 Å². The van der Waals surface area contributed by atoms with Crippen LogP contribution in [-0.2, 0) is 14.8 Å². The van der Waals surface area contributed by atoms with Gasteiger partial charge in [-0.2, -0.15) is 0 Å². The zero-order valence-electron chi connectivity index (χ0n) is 12.7. The molecule has 19 heavy (non-hydrogen) atoms. The van der Waals surface area contributed by atoms with Crippen molar-refractivity contribution in [2.24, 2.45) is 0 Å². The Morgan fingerprint density at radius 1 is 0.789 bits per heavy atom. The Morgan fingerprint density at radius 3 is 2.11 bits per heavy atom. The van der Waals surface area contributed by atoms with Gasteiger partial charge in [-0.05, 0) is 19.3 Å². The van der Waals surface area contributed by atoms with Crippen LogP contribution in [0.1, 0.15) is 90.4 Å². The first-order chi connectivity index (χ1) is 9.43. The highest BCUT2D eigenvalue weighted by molar-refractivity contribution is 4.63. The fraction of sp³-hybridized carbons (Fsp3) is 1.00. The second-order valence-electron chi connectivity index (χ2n) is 5.72. The van der Waals surface area contributed by atoms with Crippen molar-refractivity contribution in [2.75, 3.05) is 6.61 Å². The Balaban J connectivity index is 1.71. The monoisotopic (exact) mass is 272 g/mol. The molecule has 1 fully saturated rings. The summed E-state index contributed by atoms with van der Waals surface area (Å²) >= 11 is 0. The normalized spacial score (nSPS) is 16.9. The summed E-state index contributed by atoms with van der Waals surface area (Å²) in [6, 6.07) is 0. The molecule has 0 heterocycles. The molecule has 0 aromatic rings. The quantitative estimate of drug-likeness (QED) is 0.273. The molecule has 0 saturated heterocycles. The Labute approximate surface area is 118 Å². The van der Waals surface area contributed by atoms with Crippen molar-refractivity contribution < 1.29 is 14.8 Å². The molecular formula is C16H32O3. The molecule has 3 heteroatoms. The molecule has 0 radical (unpaired) electrons. The Bertz CT molecular complexity index is 179. The molecule has 0 unspecified atom stereocenters. The van der Waals surface area contributed by atoms with Gasteiger partial charge < -0.3 is 0 Å².